The maximum Gasteiger partial charge on any atom is 0.294 e. The van der Waals surface area contributed by atoms with Gasteiger partial charge in [-0.3, -0.25) is 19.7 Å². The number of nitrogens with two attached hydrogens (primary N) is 1. The summed E-state index contributed by atoms with van der Waals surface area (Å²) >= 11 is 3.14. The number of hydrogen-bond acceptors (Lipinski definition) is 4. The van der Waals surface area contributed by atoms with E-state index >= 15 is 0 Å². The summed E-state index contributed by atoms with van der Waals surface area (Å²) in [5.41, 5.74) is 5.16. The normalized spacial score (nSPS) is 18.7. The molecule has 0 saturated carbocycles. The Kier molecular flexibility index (Phi) is 3.52. The Morgan fingerprint density at radius 3 is 2.74 bits per heavy atom. The molecular weight excluding hydrogens is 318 g/mol. The van der Waals surface area contributed by atoms with Crippen LogP contribution in [0.5, 0.6) is 0 Å². The van der Waals surface area contributed by atoms with Crippen LogP contribution < -0.4 is 10.6 Å². The van der Waals surface area contributed by atoms with Crippen molar-refractivity contribution in [2.24, 2.45) is 11.7 Å². The number of nitro groups is 1. The number of nitrogens with zero attached hydrogens (tertiary/aromatic N) is 2. The van der Waals surface area contributed by atoms with Crippen LogP contribution in [0.4, 0.5) is 11.4 Å². The molecule has 0 aromatic heterocycles. The fourth-order valence-corrected chi connectivity index (χ4v) is 2.35. The molecule has 0 radical (unpaired) electrons. The lowest BCUT2D eigenvalue weighted by Gasteiger charge is -2.16. The second-order valence-electron chi connectivity index (χ2n) is 4.20. The molecular formula is C11H10BrN3O4. The molecule has 1 unspecified atom stereocenters. The molecule has 1 heterocycles. The van der Waals surface area contributed by atoms with Gasteiger partial charge in [0.25, 0.3) is 5.69 Å². The monoisotopic (exact) mass is 327 g/mol. The third-order valence-corrected chi connectivity index (χ3v) is 3.45. The quantitative estimate of drug-likeness (QED) is 0.664. The van der Waals surface area contributed by atoms with Crippen molar-refractivity contribution in [1.29, 1.82) is 0 Å². The second-order valence-corrected chi connectivity index (χ2v) is 5.11. The molecule has 0 bridgehead atoms. The number of amides is 2. The summed E-state index contributed by atoms with van der Waals surface area (Å²) in [7, 11) is 0. The highest BCUT2D eigenvalue weighted by Gasteiger charge is 2.36. The summed E-state index contributed by atoms with van der Waals surface area (Å²) in [4.78, 5) is 34.6. The zero-order chi connectivity index (χ0) is 14.2. The predicted molar refractivity (Wildman–Crippen MR) is 70.5 cm³/mol. The molecule has 0 spiro atoms. The van der Waals surface area contributed by atoms with E-state index in [0.29, 0.717) is 4.47 Å². The molecule has 7 nitrogen and oxygen atoms in total. The van der Waals surface area contributed by atoms with Gasteiger partial charge in [-0.1, -0.05) is 15.9 Å². The number of anilines is 1. The molecule has 1 fully saturated rings. The Bertz CT molecular complexity index is 575. The minimum atomic E-state index is -0.601. The van der Waals surface area contributed by atoms with Crippen molar-refractivity contribution in [2.75, 3.05) is 11.4 Å². The first-order chi connectivity index (χ1) is 8.90. The van der Waals surface area contributed by atoms with Gasteiger partial charge in [-0.15, -0.1) is 0 Å². The average Bonchev–Trinajstić information content (AvgIpc) is 2.71. The van der Waals surface area contributed by atoms with Crippen LogP contribution in [0.2, 0.25) is 0 Å². The molecule has 1 saturated heterocycles. The van der Waals surface area contributed by atoms with E-state index in [1.807, 2.05) is 0 Å². The first-order valence-corrected chi connectivity index (χ1v) is 6.23. The van der Waals surface area contributed by atoms with Gasteiger partial charge in [0.15, 0.2) is 0 Å². The minimum absolute atomic E-state index is 0.0114. The predicted octanol–water partition coefficient (Wildman–Crippen LogP) is 1.20. The number of hydrogen-bond donors (Lipinski definition) is 1. The minimum Gasteiger partial charge on any atom is -0.369 e. The van der Waals surface area contributed by atoms with E-state index in [1.165, 1.54) is 17.0 Å². The van der Waals surface area contributed by atoms with Gasteiger partial charge in [0.1, 0.15) is 5.69 Å². The van der Waals surface area contributed by atoms with Crippen molar-refractivity contribution in [3.63, 3.8) is 0 Å². The van der Waals surface area contributed by atoms with Gasteiger partial charge < -0.3 is 10.6 Å². The second kappa shape index (κ2) is 4.96. The summed E-state index contributed by atoms with van der Waals surface area (Å²) < 4.78 is 0.543. The van der Waals surface area contributed by atoms with E-state index in [0.717, 1.165) is 0 Å². The van der Waals surface area contributed by atoms with Crippen LogP contribution in [-0.2, 0) is 9.59 Å². The lowest BCUT2D eigenvalue weighted by atomic mass is 10.1. The third kappa shape index (κ3) is 2.58. The fraction of sp³-hybridized carbons (Fsp3) is 0.273. The first kappa shape index (κ1) is 13.5. The molecule has 19 heavy (non-hydrogen) atoms. The Hall–Kier alpha value is -1.96. The van der Waals surface area contributed by atoms with Gasteiger partial charge in [0.2, 0.25) is 11.8 Å². The highest BCUT2D eigenvalue weighted by molar-refractivity contribution is 9.10. The van der Waals surface area contributed by atoms with Gasteiger partial charge in [-0.2, -0.15) is 0 Å². The molecule has 2 amide bonds. The average molecular weight is 328 g/mol. The SMILES string of the molecule is NC(=O)C1CC(=O)N(c2ccc(Br)cc2[N+](=O)[O-])C1. The maximum absolute atomic E-state index is 11.8. The topological polar surface area (TPSA) is 107 Å². The van der Waals surface area contributed by atoms with Gasteiger partial charge in [-0.25, -0.2) is 0 Å². The summed E-state index contributed by atoms with van der Waals surface area (Å²) in [5, 5.41) is 11.0. The Morgan fingerprint density at radius 1 is 1.53 bits per heavy atom. The van der Waals surface area contributed by atoms with Crippen LogP contribution in [0.3, 0.4) is 0 Å². The number of primary amides is 1. The van der Waals surface area contributed by atoms with Crippen molar-refractivity contribution in [3.8, 4) is 0 Å². The standard InChI is InChI=1S/C11H10BrN3O4/c12-7-1-2-8(9(4-7)15(18)19)14-5-6(11(13)17)3-10(14)16/h1-2,4,6H,3,5H2,(H2,13,17). The van der Waals surface area contributed by atoms with E-state index in [-0.39, 0.29) is 30.2 Å². The number of carbonyl (C=O) groups excluding carboxylic acids is 2. The highest BCUT2D eigenvalue weighted by atomic mass is 79.9. The molecule has 2 N–H and O–H groups in total. The van der Waals surface area contributed by atoms with E-state index in [9.17, 15) is 19.7 Å². The molecule has 8 heteroatoms. The summed E-state index contributed by atoms with van der Waals surface area (Å²) in [6, 6.07) is 4.40. The van der Waals surface area contributed by atoms with Gasteiger partial charge in [0.05, 0.1) is 10.8 Å². The molecule has 1 atom stereocenters. The molecule has 1 aromatic carbocycles. The number of benzene rings is 1. The van der Waals surface area contributed by atoms with Crippen molar-refractivity contribution in [2.45, 2.75) is 6.42 Å². The largest absolute Gasteiger partial charge is 0.369 e. The summed E-state index contributed by atoms with van der Waals surface area (Å²) in [5.74, 6) is -1.51. The lowest BCUT2D eigenvalue weighted by Crippen LogP contribution is -2.28. The zero-order valence-corrected chi connectivity index (χ0v) is 11.3. The Morgan fingerprint density at radius 2 is 2.21 bits per heavy atom. The van der Waals surface area contributed by atoms with Gasteiger partial charge in [-0.05, 0) is 12.1 Å². The lowest BCUT2D eigenvalue weighted by molar-refractivity contribution is -0.384. The smallest absolute Gasteiger partial charge is 0.294 e. The Balaban J connectivity index is 2.40. The van der Waals surface area contributed by atoms with E-state index < -0.39 is 16.7 Å². The number of nitro benzene ring substituents is 1. The van der Waals surface area contributed by atoms with Crippen LogP contribution >= 0.6 is 15.9 Å². The molecule has 0 aliphatic carbocycles. The molecule has 100 valence electrons. The summed E-state index contributed by atoms with van der Waals surface area (Å²) in [6.07, 6.45) is -0.0114. The Labute approximate surface area is 116 Å². The van der Waals surface area contributed by atoms with Crippen molar-refractivity contribution in [3.05, 3.63) is 32.8 Å². The number of rotatable bonds is 3. The number of halogens is 1. The van der Waals surface area contributed by atoms with E-state index in [4.69, 9.17) is 5.73 Å². The molecule has 1 aliphatic heterocycles. The van der Waals surface area contributed by atoms with E-state index in [1.54, 1.807) is 6.07 Å². The van der Waals surface area contributed by atoms with Crippen molar-refractivity contribution in [1.82, 2.24) is 0 Å². The van der Waals surface area contributed by atoms with Crippen molar-refractivity contribution < 1.29 is 14.5 Å². The zero-order valence-electron chi connectivity index (χ0n) is 9.71. The third-order valence-electron chi connectivity index (χ3n) is 2.95. The first-order valence-electron chi connectivity index (χ1n) is 5.43. The van der Waals surface area contributed by atoms with Gasteiger partial charge in [0, 0.05) is 23.5 Å². The summed E-state index contributed by atoms with van der Waals surface area (Å²) in [6.45, 7) is 0.0800. The van der Waals surface area contributed by atoms with E-state index in [2.05, 4.69) is 15.9 Å². The van der Waals surface area contributed by atoms with Crippen LogP contribution in [-0.4, -0.2) is 23.3 Å². The van der Waals surface area contributed by atoms with Crippen LogP contribution in [0, 0.1) is 16.0 Å². The van der Waals surface area contributed by atoms with Crippen LogP contribution in [0.1, 0.15) is 6.42 Å². The van der Waals surface area contributed by atoms with Crippen LogP contribution in [0.25, 0.3) is 0 Å². The molecule has 1 aromatic rings. The molecule has 1 aliphatic rings. The molecule has 2 rings (SSSR count). The van der Waals surface area contributed by atoms with Crippen LogP contribution in [0.15, 0.2) is 22.7 Å². The maximum atomic E-state index is 11.8. The number of carbonyl (C=O) groups is 2. The van der Waals surface area contributed by atoms with Crippen molar-refractivity contribution >= 4 is 39.1 Å². The highest BCUT2D eigenvalue weighted by Crippen LogP contribution is 2.34. The van der Waals surface area contributed by atoms with Gasteiger partial charge >= 0.3 is 0 Å². The fourth-order valence-electron chi connectivity index (χ4n) is 2.00.